The molecule has 0 atom stereocenters. The Morgan fingerprint density at radius 1 is 0.850 bits per heavy atom. The first kappa shape index (κ1) is 18.3. The highest BCUT2D eigenvalue weighted by Gasteiger charge is 2.32. The molecule has 0 aromatic carbocycles. The summed E-state index contributed by atoms with van der Waals surface area (Å²) in [6, 6.07) is 0. The van der Waals surface area contributed by atoms with Crippen LogP contribution in [0.1, 0.15) is 64.2 Å². The molecule has 0 heterocycles. The van der Waals surface area contributed by atoms with E-state index in [9.17, 15) is 0 Å². The largest absolute Gasteiger partial charge is 0.376 e. The Bertz CT molecular complexity index is 217. The minimum atomic E-state index is 0. The van der Waals surface area contributed by atoms with Gasteiger partial charge in [-0.2, -0.15) is 0 Å². The lowest BCUT2D eigenvalue weighted by Gasteiger charge is -2.37. The summed E-state index contributed by atoms with van der Waals surface area (Å²) >= 11 is 0. The van der Waals surface area contributed by atoms with Crippen molar-refractivity contribution < 1.29 is 4.74 Å². The van der Waals surface area contributed by atoms with Crippen LogP contribution in [0.15, 0.2) is 0 Å². The van der Waals surface area contributed by atoms with Gasteiger partial charge in [0.05, 0.1) is 12.7 Å². The maximum Gasteiger partial charge on any atom is 0.0632 e. The van der Waals surface area contributed by atoms with Crippen LogP contribution in [-0.4, -0.2) is 38.3 Å². The molecule has 0 aromatic heterocycles. The van der Waals surface area contributed by atoms with Gasteiger partial charge in [0, 0.05) is 6.54 Å². The summed E-state index contributed by atoms with van der Waals surface area (Å²) in [5.41, 5.74) is 0. The van der Waals surface area contributed by atoms with Crippen LogP contribution in [0.3, 0.4) is 0 Å². The van der Waals surface area contributed by atoms with Crippen LogP contribution in [0.5, 0.6) is 0 Å². The third-order valence-corrected chi connectivity index (χ3v) is 5.08. The molecular weight excluding hydrogens is 270 g/mol. The molecule has 0 bridgehead atoms. The molecule has 2 fully saturated rings. The molecule has 2 aliphatic rings. The number of hydrogen-bond donors (Lipinski definition) is 0. The Kier molecular flexibility index (Phi) is 9.15. The first-order valence-corrected chi connectivity index (χ1v) is 8.53. The second kappa shape index (κ2) is 10.0. The molecule has 0 spiro atoms. The van der Waals surface area contributed by atoms with Gasteiger partial charge in [0.15, 0.2) is 0 Å². The number of rotatable bonds is 6. The predicted octanol–water partition coefficient (Wildman–Crippen LogP) is 4.52. The molecule has 0 unspecified atom stereocenters. The van der Waals surface area contributed by atoms with Crippen molar-refractivity contribution in [2.75, 3.05) is 27.2 Å². The van der Waals surface area contributed by atoms with E-state index in [1.54, 1.807) is 0 Å². The van der Waals surface area contributed by atoms with E-state index in [0.717, 1.165) is 25.0 Å². The number of likely N-dealkylation sites (N-methyl/N-ethyl adjacent to an activating group) is 1. The summed E-state index contributed by atoms with van der Waals surface area (Å²) in [5.74, 6) is 1.72. The first-order chi connectivity index (χ1) is 9.27. The molecule has 0 aromatic rings. The van der Waals surface area contributed by atoms with Gasteiger partial charge in [-0.3, -0.25) is 0 Å². The van der Waals surface area contributed by atoms with Gasteiger partial charge in [-0.1, -0.05) is 38.5 Å². The Morgan fingerprint density at radius 2 is 1.30 bits per heavy atom. The fraction of sp³-hybridized carbons (Fsp3) is 1.00. The maximum absolute atomic E-state index is 6.39. The van der Waals surface area contributed by atoms with Gasteiger partial charge in [-0.05, 0) is 51.6 Å². The Labute approximate surface area is 132 Å². The van der Waals surface area contributed by atoms with Crippen LogP contribution in [0.25, 0.3) is 0 Å². The van der Waals surface area contributed by atoms with Gasteiger partial charge in [0.2, 0.25) is 0 Å². The van der Waals surface area contributed by atoms with Crippen LogP contribution in [0.4, 0.5) is 0 Å². The summed E-state index contributed by atoms with van der Waals surface area (Å²) in [7, 11) is 4.28. The Morgan fingerprint density at radius 3 is 1.70 bits per heavy atom. The summed E-state index contributed by atoms with van der Waals surface area (Å²) < 4.78 is 6.39. The third kappa shape index (κ3) is 5.91. The average molecular weight is 304 g/mol. The molecule has 0 saturated heterocycles. The van der Waals surface area contributed by atoms with Crippen LogP contribution < -0.4 is 0 Å². The normalized spacial score (nSPS) is 22.2. The topological polar surface area (TPSA) is 12.5 Å². The minimum absolute atomic E-state index is 0. The molecule has 0 N–H and O–H groups in total. The van der Waals surface area contributed by atoms with E-state index in [1.807, 2.05) is 0 Å². The van der Waals surface area contributed by atoms with Crippen molar-refractivity contribution in [1.29, 1.82) is 0 Å². The maximum atomic E-state index is 6.39. The molecule has 0 amide bonds. The lowest BCUT2D eigenvalue weighted by atomic mass is 9.75. The quantitative estimate of drug-likeness (QED) is 0.715. The van der Waals surface area contributed by atoms with Crippen molar-refractivity contribution in [3.8, 4) is 0 Å². The van der Waals surface area contributed by atoms with Gasteiger partial charge in [-0.25, -0.2) is 0 Å². The highest BCUT2D eigenvalue weighted by atomic mass is 35.5. The van der Waals surface area contributed by atoms with Gasteiger partial charge in [-0.15, -0.1) is 12.4 Å². The average Bonchev–Trinajstić information content (AvgIpc) is 2.45. The van der Waals surface area contributed by atoms with E-state index in [0.29, 0.717) is 6.10 Å². The molecule has 2 aliphatic carbocycles. The molecular formula is C17H34ClNO. The fourth-order valence-electron chi connectivity index (χ4n) is 3.95. The monoisotopic (exact) mass is 303 g/mol. The molecule has 0 radical (unpaired) electrons. The van der Waals surface area contributed by atoms with Crippen molar-refractivity contribution >= 4 is 12.4 Å². The second-order valence-electron chi connectivity index (χ2n) is 6.93. The smallest absolute Gasteiger partial charge is 0.0632 e. The van der Waals surface area contributed by atoms with E-state index in [-0.39, 0.29) is 12.4 Å². The van der Waals surface area contributed by atoms with E-state index in [2.05, 4.69) is 19.0 Å². The van der Waals surface area contributed by atoms with Gasteiger partial charge in [0.25, 0.3) is 0 Å². The molecule has 0 aliphatic heterocycles. The molecule has 20 heavy (non-hydrogen) atoms. The van der Waals surface area contributed by atoms with Gasteiger partial charge >= 0.3 is 0 Å². The molecule has 3 heteroatoms. The molecule has 2 rings (SSSR count). The summed E-state index contributed by atoms with van der Waals surface area (Å²) in [5, 5.41) is 0. The SMILES string of the molecule is CN(C)CCOC(C1CCCCC1)C1CCCCC1.Cl. The zero-order valence-corrected chi connectivity index (χ0v) is 14.3. The Hall–Kier alpha value is 0.210. The van der Waals surface area contributed by atoms with E-state index < -0.39 is 0 Å². The highest BCUT2D eigenvalue weighted by molar-refractivity contribution is 5.85. The van der Waals surface area contributed by atoms with Gasteiger partial charge in [0.1, 0.15) is 0 Å². The van der Waals surface area contributed by atoms with Crippen LogP contribution in [0, 0.1) is 11.8 Å². The molecule has 120 valence electrons. The lowest BCUT2D eigenvalue weighted by molar-refractivity contribution is -0.0498. The number of ether oxygens (including phenoxy) is 1. The van der Waals surface area contributed by atoms with E-state index in [4.69, 9.17) is 4.74 Å². The summed E-state index contributed by atoms with van der Waals surface area (Å²) in [6.45, 7) is 1.99. The third-order valence-electron chi connectivity index (χ3n) is 5.08. The number of nitrogens with zero attached hydrogens (tertiary/aromatic N) is 1. The standard InChI is InChI=1S/C17H33NO.ClH/c1-18(2)13-14-19-17(15-9-5-3-6-10-15)16-11-7-4-8-12-16;/h15-17H,3-14H2,1-2H3;1H. The molecule has 2 nitrogen and oxygen atoms in total. The second-order valence-corrected chi connectivity index (χ2v) is 6.93. The van der Waals surface area contributed by atoms with Crippen LogP contribution in [-0.2, 0) is 4.74 Å². The number of hydrogen-bond acceptors (Lipinski definition) is 2. The first-order valence-electron chi connectivity index (χ1n) is 8.53. The van der Waals surface area contributed by atoms with E-state index >= 15 is 0 Å². The fourth-order valence-corrected chi connectivity index (χ4v) is 3.95. The van der Waals surface area contributed by atoms with Crippen molar-refractivity contribution in [3.63, 3.8) is 0 Å². The van der Waals surface area contributed by atoms with Crippen molar-refractivity contribution in [3.05, 3.63) is 0 Å². The lowest BCUT2D eigenvalue weighted by Crippen LogP contribution is -2.36. The summed E-state index contributed by atoms with van der Waals surface area (Å²) in [6.07, 6.45) is 14.9. The zero-order valence-electron chi connectivity index (χ0n) is 13.5. The Balaban J connectivity index is 0.00000200. The van der Waals surface area contributed by atoms with Crippen molar-refractivity contribution in [2.45, 2.75) is 70.3 Å². The molecule has 2 saturated carbocycles. The summed E-state index contributed by atoms with van der Waals surface area (Å²) in [4.78, 5) is 2.23. The zero-order chi connectivity index (χ0) is 13.5. The number of halogens is 1. The predicted molar refractivity (Wildman–Crippen MR) is 88.7 cm³/mol. The van der Waals surface area contributed by atoms with Crippen molar-refractivity contribution in [2.24, 2.45) is 11.8 Å². The van der Waals surface area contributed by atoms with E-state index in [1.165, 1.54) is 64.2 Å². The van der Waals surface area contributed by atoms with Gasteiger partial charge < -0.3 is 9.64 Å². The minimum Gasteiger partial charge on any atom is -0.376 e. The van der Waals surface area contributed by atoms with Crippen LogP contribution in [0.2, 0.25) is 0 Å². The van der Waals surface area contributed by atoms with Crippen molar-refractivity contribution in [1.82, 2.24) is 4.90 Å². The van der Waals surface area contributed by atoms with Crippen LogP contribution >= 0.6 is 12.4 Å². The highest BCUT2D eigenvalue weighted by Crippen LogP contribution is 2.37.